The third kappa shape index (κ3) is 6.36. The highest BCUT2D eigenvalue weighted by Gasteiger charge is 2.27. The van der Waals surface area contributed by atoms with Gasteiger partial charge in [0.2, 0.25) is 5.91 Å². The van der Waals surface area contributed by atoms with Gasteiger partial charge in [0, 0.05) is 26.2 Å². The van der Waals surface area contributed by atoms with Crippen molar-refractivity contribution < 1.29 is 19.0 Å². The van der Waals surface area contributed by atoms with Crippen LogP contribution in [0.15, 0.2) is 36.4 Å². The molecule has 2 aliphatic heterocycles. The number of hydrogen-bond acceptors (Lipinski definition) is 5. The van der Waals surface area contributed by atoms with Crippen LogP contribution in [0.2, 0.25) is 0 Å². The highest BCUT2D eigenvalue weighted by atomic mass is 35.5. The fraction of sp³-hybridized carbons (Fsp3) is 0.519. The Bertz CT molecular complexity index is 950. The van der Waals surface area contributed by atoms with E-state index in [9.17, 15) is 4.79 Å². The Morgan fingerprint density at radius 2 is 1.65 bits per heavy atom. The van der Waals surface area contributed by atoms with Gasteiger partial charge in [0.15, 0.2) is 11.5 Å². The number of amides is 1. The zero-order valence-electron chi connectivity index (χ0n) is 20.5. The lowest BCUT2D eigenvalue weighted by Gasteiger charge is -2.35. The number of benzene rings is 2. The van der Waals surface area contributed by atoms with Crippen LogP contribution in [0.3, 0.4) is 0 Å². The lowest BCUT2D eigenvalue weighted by molar-refractivity contribution is -0.131. The Kier molecular flexibility index (Phi) is 9.48. The zero-order chi connectivity index (χ0) is 23.2. The molecule has 6 nitrogen and oxygen atoms in total. The van der Waals surface area contributed by atoms with Crippen LogP contribution in [0, 0.1) is 5.92 Å². The summed E-state index contributed by atoms with van der Waals surface area (Å²) in [5, 5.41) is 0. The van der Waals surface area contributed by atoms with Crippen molar-refractivity contribution in [3.05, 3.63) is 53.1 Å². The van der Waals surface area contributed by atoms with Gasteiger partial charge in [0.05, 0.1) is 27.8 Å². The van der Waals surface area contributed by atoms with Gasteiger partial charge in [-0.1, -0.05) is 12.1 Å². The van der Waals surface area contributed by atoms with Crippen LogP contribution in [0.4, 0.5) is 0 Å². The molecule has 2 heterocycles. The predicted molar refractivity (Wildman–Crippen MR) is 137 cm³/mol. The number of carbonyl (C=O) groups is 1. The molecule has 0 bridgehead atoms. The van der Waals surface area contributed by atoms with E-state index in [1.54, 1.807) is 21.3 Å². The summed E-state index contributed by atoms with van der Waals surface area (Å²) in [5.41, 5.74) is 3.59. The van der Waals surface area contributed by atoms with Gasteiger partial charge >= 0.3 is 0 Å². The number of methoxy groups -OCH3 is 3. The Labute approximate surface area is 209 Å². The smallest absolute Gasteiger partial charge is 0.227 e. The molecule has 0 radical (unpaired) electrons. The molecular weight excluding hydrogens is 452 g/mol. The summed E-state index contributed by atoms with van der Waals surface area (Å²) in [4.78, 5) is 17.7. The van der Waals surface area contributed by atoms with E-state index >= 15 is 0 Å². The van der Waals surface area contributed by atoms with Crippen LogP contribution in [-0.4, -0.2) is 69.8 Å². The zero-order valence-corrected chi connectivity index (χ0v) is 21.4. The normalized spacial score (nSPS) is 18.5. The summed E-state index contributed by atoms with van der Waals surface area (Å²) < 4.78 is 16.2. The number of hydrogen-bond donors (Lipinski definition) is 0. The summed E-state index contributed by atoms with van der Waals surface area (Å²) in [6.07, 6.45) is 4.72. The molecule has 0 spiro atoms. The van der Waals surface area contributed by atoms with Gasteiger partial charge in [-0.25, -0.2) is 0 Å². The van der Waals surface area contributed by atoms with Crippen LogP contribution in [0.25, 0.3) is 0 Å². The molecule has 1 fully saturated rings. The van der Waals surface area contributed by atoms with Crippen LogP contribution < -0.4 is 14.2 Å². The molecule has 0 aromatic heterocycles. The second kappa shape index (κ2) is 12.3. The van der Waals surface area contributed by atoms with Crippen LogP contribution >= 0.6 is 12.4 Å². The fourth-order valence-corrected chi connectivity index (χ4v) is 5.10. The highest BCUT2D eigenvalue weighted by molar-refractivity contribution is 5.85. The van der Waals surface area contributed by atoms with Crippen molar-refractivity contribution in [2.75, 3.05) is 54.1 Å². The van der Waals surface area contributed by atoms with Gasteiger partial charge in [0.1, 0.15) is 5.75 Å². The van der Waals surface area contributed by atoms with E-state index in [0.717, 1.165) is 62.6 Å². The Balaban J connectivity index is 0.00000324. The monoisotopic (exact) mass is 488 g/mol. The number of rotatable bonds is 8. The van der Waals surface area contributed by atoms with E-state index in [4.69, 9.17) is 14.2 Å². The first-order valence-corrected chi connectivity index (χ1v) is 12.0. The van der Waals surface area contributed by atoms with E-state index in [-0.39, 0.29) is 18.3 Å². The number of piperidine rings is 1. The van der Waals surface area contributed by atoms with Crippen molar-refractivity contribution in [3.8, 4) is 17.2 Å². The van der Waals surface area contributed by atoms with Crippen LogP contribution in [0.1, 0.15) is 29.5 Å². The maximum absolute atomic E-state index is 13.1. The van der Waals surface area contributed by atoms with Crippen molar-refractivity contribution in [2.24, 2.45) is 5.92 Å². The molecule has 0 saturated carbocycles. The SMILES string of the molecule is COc1ccc(CCN2CCCC(CN3CCc4cc(OC)c(OC)cc4CC3=O)C2)cc1.Cl. The Morgan fingerprint density at radius 3 is 2.32 bits per heavy atom. The lowest BCUT2D eigenvalue weighted by atomic mass is 9.96. The minimum Gasteiger partial charge on any atom is -0.497 e. The Hall–Kier alpha value is -2.44. The van der Waals surface area contributed by atoms with Crippen molar-refractivity contribution in [2.45, 2.75) is 32.1 Å². The molecule has 186 valence electrons. The molecule has 1 unspecified atom stereocenters. The molecule has 4 rings (SSSR count). The Morgan fingerprint density at radius 1 is 0.941 bits per heavy atom. The maximum atomic E-state index is 13.1. The summed E-state index contributed by atoms with van der Waals surface area (Å²) >= 11 is 0. The van der Waals surface area contributed by atoms with E-state index in [2.05, 4.69) is 21.9 Å². The van der Waals surface area contributed by atoms with Crippen molar-refractivity contribution in [1.29, 1.82) is 0 Å². The van der Waals surface area contributed by atoms with Crippen molar-refractivity contribution >= 4 is 18.3 Å². The van der Waals surface area contributed by atoms with E-state index in [1.807, 2.05) is 24.3 Å². The minimum absolute atomic E-state index is 0. The first kappa shape index (κ1) is 26.2. The van der Waals surface area contributed by atoms with E-state index in [1.165, 1.54) is 24.0 Å². The van der Waals surface area contributed by atoms with Crippen LogP contribution in [0.5, 0.6) is 17.2 Å². The summed E-state index contributed by atoms with van der Waals surface area (Å²) in [7, 11) is 4.99. The van der Waals surface area contributed by atoms with Gasteiger partial charge in [-0.15, -0.1) is 12.4 Å². The van der Waals surface area contributed by atoms with Gasteiger partial charge in [-0.3, -0.25) is 4.79 Å². The largest absolute Gasteiger partial charge is 0.497 e. The lowest BCUT2D eigenvalue weighted by Crippen LogP contribution is -2.44. The minimum atomic E-state index is 0. The van der Waals surface area contributed by atoms with Gasteiger partial charge in [-0.05, 0) is 79.1 Å². The first-order chi connectivity index (χ1) is 16.1. The molecule has 0 aliphatic carbocycles. The van der Waals surface area contributed by atoms with Crippen molar-refractivity contribution in [1.82, 2.24) is 9.80 Å². The summed E-state index contributed by atoms with van der Waals surface area (Å²) in [6, 6.07) is 12.4. The molecule has 2 aromatic carbocycles. The quantitative estimate of drug-likeness (QED) is 0.562. The second-order valence-electron chi connectivity index (χ2n) is 9.15. The van der Waals surface area contributed by atoms with E-state index < -0.39 is 0 Å². The van der Waals surface area contributed by atoms with Crippen molar-refractivity contribution in [3.63, 3.8) is 0 Å². The molecule has 1 atom stereocenters. The second-order valence-corrected chi connectivity index (χ2v) is 9.15. The number of nitrogens with zero attached hydrogens (tertiary/aromatic N) is 2. The highest BCUT2D eigenvalue weighted by Crippen LogP contribution is 2.32. The average molecular weight is 489 g/mol. The maximum Gasteiger partial charge on any atom is 0.227 e. The molecule has 34 heavy (non-hydrogen) atoms. The average Bonchev–Trinajstić information content (AvgIpc) is 3.00. The molecule has 2 aliphatic rings. The standard InChI is InChI=1S/C27H36N2O4.ClH/c1-31-24-8-6-20(7-9-24)10-13-28-12-4-5-21(18-28)19-29-14-11-22-15-25(32-2)26(33-3)16-23(22)17-27(29)30;/h6-9,15-16,21H,4-5,10-14,17-19H2,1-3H3;1H. The number of halogens is 1. The third-order valence-electron chi connectivity index (χ3n) is 7.01. The molecule has 2 aromatic rings. The number of ether oxygens (including phenoxy) is 3. The van der Waals surface area contributed by atoms with Gasteiger partial charge in [0.25, 0.3) is 0 Å². The van der Waals surface area contributed by atoms with Gasteiger partial charge < -0.3 is 24.0 Å². The number of likely N-dealkylation sites (tertiary alicyclic amines) is 1. The molecule has 7 heteroatoms. The predicted octanol–water partition coefficient (Wildman–Crippen LogP) is 4.02. The number of fused-ring (bicyclic) bond motifs is 1. The first-order valence-electron chi connectivity index (χ1n) is 12.0. The third-order valence-corrected chi connectivity index (χ3v) is 7.01. The molecule has 0 N–H and O–H groups in total. The molecule has 1 saturated heterocycles. The van der Waals surface area contributed by atoms with Gasteiger partial charge in [-0.2, -0.15) is 0 Å². The topological polar surface area (TPSA) is 51.2 Å². The molecule has 1 amide bonds. The summed E-state index contributed by atoms with van der Waals surface area (Å²) in [6.45, 7) is 4.88. The van der Waals surface area contributed by atoms with Crippen LogP contribution in [-0.2, 0) is 24.1 Å². The molecular formula is C27H37ClN2O4. The number of carbonyl (C=O) groups excluding carboxylic acids is 1. The fourth-order valence-electron chi connectivity index (χ4n) is 5.10. The summed E-state index contributed by atoms with van der Waals surface area (Å²) in [5.74, 6) is 3.08. The van der Waals surface area contributed by atoms with E-state index in [0.29, 0.717) is 18.1 Å².